The quantitative estimate of drug-likeness (QED) is 0.169. The Labute approximate surface area is 336 Å². The molecule has 0 spiro atoms. The number of hydrogen-bond donors (Lipinski definition) is 0. The second kappa shape index (κ2) is 13.4. The predicted octanol–water partition coefficient (Wildman–Crippen LogP) is 14.5. The van der Waals surface area contributed by atoms with Crippen molar-refractivity contribution in [2.75, 3.05) is 0 Å². The molecule has 0 aliphatic heterocycles. The van der Waals surface area contributed by atoms with Crippen LogP contribution in [0.5, 0.6) is 0 Å². The molecule has 57 heavy (non-hydrogen) atoms. The second-order valence-corrected chi connectivity index (χ2v) is 16.2. The van der Waals surface area contributed by atoms with Gasteiger partial charge in [0, 0.05) is 42.3 Å². The summed E-state index contributed by atoms with van der Waals surface area (Å²) in [5.41, 5.74) is 15.7. The summed E-state index contributed by atoms with van der Waals surface area (Å²) < 4.78 is 2.61. The van der Waals surface area contributed by atoms with Crippen molar-refractivity contribution < 1.29 is 0 Å². The Morgan fingerprint density at radius 3 is 1.74 bits per heavy atom. The maximum atomic E-state index is 5.31. The fourth-order valence-electron chi connectivity index (χ4n) is 8.85. The first kappa shape index (κ1) is 33.4. The lowest BCUT2D eigenvalue weighted by molar-refractivity contribution is 0.714. The Bertz CT molecular complexity index is 3130. The molecule has 3 heteroatoms. The van der Waals surface area contributed by atoms with E-state index >= 15 is 0 Å². The zero-order chi connectivity index (χ0) is 37.9. The zero-order valence-corrected chi connectivity index (χ0v) is 32.2. The van der Waals surface area contributed by atoms with Crippen LogP contribution < -0.4 is 0 Å². The van der Waals surface area contributed by atoms with Crippen molar-refractivity contribution in [3.63, 3.8) is 0 Å². The van der Waals surface area contributed by atoms with Gasteiger partial charge in [-0.3, -0.25) is 0 Å². The molecule has 268 valence electrons. The van der Waals surface area contributed by atoms with Crippen LogP contribution in [0.2, 0.25) is 0 Å². The highest BCUT2D eigenvalue weighted by Crippen LogP contribution is 2.53. The van der Waals surface area contributed by atoms with Gasteiger partial charge in [0.1, 0.15) is 0 Å². The highest BCUT2D eigenvalue weighted by atomic mass is 32.1. The van der Waals surface area contributed by atoms with Crippen LogP contribution in [-0.4, -0.2) is 9.97 Å². The Morgan fingerprint density at radius 1 is 0.368 bits per heavy atom. The van der Waals surface area contributed by atoms with Gasteiger partial charge in [0.15, 0.2) is 5.82 Å². The fraction of sp³-hybridized carbons (Fsp3) is 0.0370. The molecule has 0 amide bonds. The van der Waals surface area contributed by atoms with Crippen molar-refractivity contribution in [1.82, 2.24) is 9.97 Å². The number of nitrogens with zero attached hydrogens (tertiary/aromatic N) is 2. The number of fused-ring (bicyclic) bond motifs is 6. The molecule has 0 N–H and O–H groups in total. The van der Waals surface area contributed by atoms with E-state index in [1.165, 1.54) is 59.1 Å². The van der Waals surface area contributed by atoms with Gasteiger partial charge in [-0.15, -0.1) is 11.3 Å². The molecule has 2 heterocycles. The number of thiophene rings is 1. The molecule has 0 saturated carbocycles. The number of benzene rings is 8. The molecule has 2 nitrogen and oxygen atoms in total. The molecule has 10 aromatic rings. The summed E-state index contributed by atoms with van der Waals surface area (Å²) in [4.78, 5) is 10.6. The second-order valence-electron chi connectivity index (χ2n) is 15.1. The summed E-state index contributed by atoms with van der Waals surface area (Å²) in [6, 6.07) is 72.3. The lowest BCUT2D eigenvalue weighted by Gasteiger charge is -2.28. The van der Waals surface area contributed by atoms with E-state index in [1.54, 1.807) is 0 Å². The largest absolute Gasteiger partial charge is 0.228 e. The molecule has 0 fully saturated rings. The van der Waals surface area contributed by atoms with Gasteiger partial charge in [-0.05, 0) is 106 Å². The van der Waals surface area contributed by atoms with Crippen molar-refractivity contribution in [3.8, 4) is 67.3 Å². The van der Waals surface area contributed by atoms with Crippen molar-refractivity contribution in [3.05, 3.63) is 217 Å². The van der Waals surface area contributed by atoms with E-state index < -0.39 is 0 Å². The van der Waals surface area contributed by atoms with Crippen molar-refractivity contribution in [2.45, 2.75) is 12.3 Å². The van der Waals surface area contributed by atoms with Gasteiger partial charge in [0.2, 0.25) is 0 Å². The van der Waals surface area contributed by atoms with Gasteiger partial charge >= 0.3 is 0 Å². The first-order chi connectivity index (χ1) is 28.1. The smallest absolute Gasteiger partial charge is 0.160 e. The highest BCUT2D eigenvalue weighted by Gasteiger charge is 2.40. The van der Waals surface area contributed by atoms with Crippen LogP contribution in [0.25, 0.3) is 87.5 Å². The minimum absolute atomic E-state index is 0.260. The van der Waals surface area contributed by atoms with E-state index in [0.29, 0.717) is 5.82 Å². The normalized spacial score (nSPS) is 14.5. The number of aromatic nitrogens is 2. The lowest BCUT2D eigenvalue weighted by atomic mass is 9.74. The van der Waals surface area contributed by atoms with E-state index in [0.717, 1.165) is 39.2 Å². The van der Waals surface area contributed by atoms with Gasteiger partial charge in [-0.25, -0.2) is 9.97 Å². The molecule has 0 radical (unpaired) electrons. The van der Waals surface area contributed by atoms with Crippen molar-refractivity contribution in [1.29, 1.82) is 0 Å². The van der Waals surface area contributed by atoms with E-state index in [1.807, 2.05) is 17.4 Å². The number of hydrogen-bond acceptors (Lipinski definition) is 3. The third-order valence-corrected chi connectivity index (χ3v) is 12.9. The van der Waals surface area contributed by atoms with Crippen molar-refractivity contribution in [2.24, 2.45) is 0 Å². The molecule has 11 rings (SSSR count). The highest BCUT2D eigenvalue weighted by molar-refractivity contribution is 7.25. The number of rotatable bonds is 6. The topological polar surface area (TPSA) is 25.8 Å². The van der Waals surface area contributed by atoms with Crippen LogP contribution in [0.3, 0.4) is 0 Å². The first-order valence-corrected chi connectivity index (χ1v) is 20.3. The van der Waals surface area contributed by atoms with E-state index in [9.17, 15) is 0 Å². The minimum Gasteiger partial charge on any atom is -0.228 e. The molecule has 1 unspecified atom stereocenters. The van der Waals surface area contributed by atoms with Gasteiger partial charge in [-0.2, -0.15) is 0 Å². The summed E-state index contributed by atoms with van der Waals surface area (Å²) in [5.74, 6) is 0.705. The average Bonchev–Trinajstić information content (AvgIpc) is 3.79. The molecule has 0 saturated heterocycles. The third-order valence-electron chi connectivity index (χ3n) is 11.8. The van der Waals surface area contributed by atoms with Crippen LogP contribution in [0.1, 0.15) is 23.6 Å². The summed E-state index contributed by atoms with van der Waals surface area (Å²) in [6.45, 7) is 2.36. The molecule has 1 atom stereocenters. The van der Waals surface area contributed by atoms with E-state index in [-0.39, 0.29) is 5.41 Å². The summed E-state index contributed by atoms with van der Waals surface area (Å²) in [6.07, 6.45) is 0. The predicted molar refractivity (Wildman–Crippen MR) is 240 cm³/mol. The molecule has 1 aliphatic rings. The Balaban J connectivity index is 1.11. The van der Waals surface area contributed by atoms with E-state index in [4.69, 9.17) is 9.97 Å². The minimum atomic E-state index is -0.260. The summed E-state index contributed by atoms with van der Waals surface area (Å²) in [7, 11) is 0. The molecule has 2 aromatic heterocycles. The fourth-order valence-corrected chi connectivity index (χ4v) is 9.93. The van der Waals surface area contributed by atoms with Crippen LogP contribution in [0.15, 0.2) is 200 Å². The molecular formula is C54H36N2S. The van der Waals surface area contributed by atoms with E-state index in [2.05, 4.69) is 201 Å². The SMILES string of the molecule is CC1(c2ccccc2)c2ccccc2-c2cc(-c3cc(-c4cc(-c5ccccc5)cc(-c5ccc6sc7ccccc7c6c5)c4)nc(-c4ccccc4)n3)ccc21. The summed E-state index contributed by atoms with van der Waals surface area (Å²) >= 11 is 1.85. The lowest BCUT2D eigenvalue weighted by Crippen LogP contribution is -2.22. The van der Waals surface area contributed by atoms with Crippen molar-refractivity contribution >= 4 is 31.5 Å². The summed E-state index contributed by atoms with van der Waals surface area (Å²) in [5, 5.41) is 2.59. The van der Waals surface area contributed by atoms with Gasteiger partial charge in [0.05, 0.1) is 11.4 Å². The van der Waals surface area contributed by atoms with Crippen LogP contribution >= 0.6 is 11.3 Å². The Hall–Kier alpha value is -6.94. The van der Waals surface area contributed by atoms with Gasteiger partial charge in [0.25, 0.3) is 0 Å². The Kier molecular flexibility index (Phi) is 7.84. The third kappa shape index (κ3) is 5.62. The molecule has 8 aromatic carbocycles. The molecule has 1 aliphatic carbocycles. The van der Waals surface area contributed by atoms with Crippen LogP contribution in [-0.2, 0) is 5.41 Å². The van der Waals surface area contributed by atoms with Gasteiger partial charge in [-0.1, -0.05) is 152 Å². The standard InChI is InChI=1S/C54H36N2S/c1-54(42-19-9-4-10-20-42)47-23-13-11-21-43(47)45-33-38(25-27-48(45)54)49-34-50(56-53(55-49)36-17-7-3-8-18-36)41-30-39(35-15-5-2-6-16-35)29-40(31-41)37-26-28-52-46(32-37)44-22-12-14-24-51(44)57-52/h2-34H,1H3. The molecular weight excluding hydrogens is 709 g/mol. The maximum Gasteiger partial charge on any atom is 0.160 e. The average molecular weight is 745 g/mol. The monoisotopic (exact) mass is 744 g/mol. The zero-order valence-electron chi connectivity index (χ0n) is 31.4. The first-order valence-electron chi connectivity index (χ1n) is 19.5. The Morgan fingerprint density at radius 2 is 0.947 bits per heavy atom. The van der Waals surface area contributed by atoms with Gasteiger partial charge < -0.3 is 0 Å². The van der Waals surface area contributed by atoms with Crippen LogP contribution in [0.4, 0.5) is 0 Å². The molecule has 0 bridgehead atoms. The maximum absolute atomic E-state index is 5.31. The van der Waals surface area contributed by atoms with Crippen LogP contribution in [0, 0.1) is 0 Å².